The molecule has 1 heterocycles. The van der Waals surface area contributed by atoms with E-state index in [1.54, 1.807) is 19.1 Å². The van der Waals surface area contributed by atoms with Crippen LogP contribution in [0.4, 0.5) is 0 Å². The van der Waals surface area contributed by atoms with Gasteiger partial charge in [0.1, 0.15) is 17.1 Å². The van der Waals surface area contributed by atoms with Crippen LogP contribution in [0.3, 0.4) is 0 Å². The lowest BCUT2D eigenvalue weighted by Gasteiger charge is -2.16. The quantitative estimate of drug-likeness (QED) is 0.844. The van der Waals surface area contributed by atoms with Crippen LogP contribution in [0, 0.1) is 0 Å². The number of hydrogen-bond acceptors (Lipinski definition) is 4. The number of benzene rings is 1. The number of carboxylic acid groups (broad SMARTS) is 1. The van der Waals surface area contributed by atoms with Gasteiger partial charge in [0.2, 0.25) is 0 Å². The van der Waals surface area contributed by atoms with E-state index in [9.17, 15) is 9.59 Å². The molecule has 1 aromatic carbocycles. The van der Waals surface area contributed by atoms with Crippen LogP contribution in [-0.2, 0) is 6.42 Å². The summed E-state index contributed by atoms with van der Waals surface area (Å²) in [6.07, 6.45) is 1.64. The lowest BCUT2D eigenvalue weighted by atomic mass is 10.1. The fraction of sp³-hybridized carbons (Fsp3) is 0.278. The van der Waals surface area contributed by atoms with Crippen molar-refractivity contribution in [1.82, 2.24) is 9.88 Å². The molecular formula is C18H20N2O4. The summed E-state index contributed by atoms with van der Waals surface area (Å²) in [6.45, 7) is 0.559. The van der Waals surface area contributed by atoms with E-state index >= 15 is 0 Å². The number of nitrogens with zero attached hydrogens (tertiary/aromatic N) is 2. The molecule has 0 saturated carbocycles. The van der Waals surface area contributed by atoms with E-state index in [0.29, 0.717) is 6.54 Å². The molecule has 0 unspecified atom stereocenters. The summed E-state index contributed by atoms with van der Waals surface area (Å²) >= 11 is 0. The molecule has 6 heteroatoms. The third kappa shape index (κ3) is 4.55. The summed E-state index contributed by atoms with van der Waals surface area (Å²) in [4.78, 5) is 28.7. The molecule has 126 valence electrons. The molecule has 24 heavy (non-hydrogen) atoms. The molecule has 1 amide bonds. The fourth-order valence-electron chi connectivity index (χ4n) is 2.28. The van der Waals surface area contributed by atoms with E-state index in [1.807, 2.05) is 24.3 Å². The van der Waals surface area contributed by atoms with Crippen molar-refractivity contribution in [3.8, 4) is 5.75 Å². The Morgan fingerprint density at radius 2 is 1.79 bits per heavy atom. The molecule has 0 saturated heterocycles. The molecule has 0 aliphatic heterocycles. The zero-order valence-electron chi connectivity index (χ0n) is 13.7. The van der Waals surface area contributed by atoms with Gasteiger partial charge < -0.3 is 14.7 Å². The molecule has 0 fully saturated rings. The topological polar surface area (TPSA) is 79.7 Å². The summed E-state index contributed by atoms with van der Waals surface area (Å²) < 4.78 is 5.12. The number of amides is 1. The maximum Gasteiger partial charge on any atom is 0.354 e. The number of aryl methyl sites for hydroxylation is 1. The van der Waals surface area contributed by atoms with Gasteiger partial charge in [-0.3, -0.25) is 4.79 Å². The summed E-state index contributed by atoms with van der Waals surface area (Å²) in [6, 6.07) is 12.2. The van der Waals surface area contributed by atoms with Gasteiger partial charge in [0, 0.05) is 13.6 Å². The second-order valence-electron chi connectivity index (χ2n) is 5.39. The van der Waals surface area contributed by atoms with Gasteiger partial charge in [0.05, 0.1) is 7.11 Å². The lowest BCUT2D eigenvalue weighted by Crippen LogP contribution is -2.29. The van der Waals surface area contributed by atoms with E-state index in [2.05, 4.69) is 4.98 Å². The predicted molar refractivity (Wildman–Crippen MR) is 89.5 cm³/mol. The van der Waals surface area contributed by atoms with E-state index in [-0.39, 0.29) is 17.3 Å². The van der Waals surface area contributed by atoms with Crippen molar-refractivity contribution in [1.29, 1.82) is 0 Å². The van der Waals surface area contributed by atoms with Crippen LogP contribution in [0.25, 0.3) is 0 Å². The maximum absolute atomic E-state index is 12.3. The van der Waals surface area contributed by atoms with Gasteiger partial charge >= 0.3 is 5.97 Å². The smallest absolute Gasteiger partial charge is 0.354 e. The van der Waals surface area contributed by atoms with Crippen LogP contribution in [0.2, 0.25) is 0 Å². The number of carbonyl (C=O) groups is 2. The van der Waals surface area contributed by atoms with Crippen molar-refractivity contribution in [3.63, 3.8) is 0 Å². The molecule has 2 aromatic rings. The number of methoxy groups -OCH3 is 1. The van der Waals surface area contributed by atoms with Crippen LogP contribution < -0.4 is 4.74 Å². The summed E-state index contributed by atoms with van der Waals surface area (Å²) in [5.74, 6) is -0.616. The van der Waals surface area contributed by atoms with E-state index in [0.717, 1.165) is 18.6 Å². The number of carboxylic acids is 1. The minimum atomic E-state index is -1.15. The Labute approximate surface area is 140 Å². The Morgan fingerprint density at radius 1 is 1.12 bits per heavy atom. The number of ether oxygens (including phenoxy) is 1. The Bertz CT molecular complexity index is 713. The third-order valence-corrected chi connectivity index (χ3v) is 3.65. The van der Waals surface area contributed by atoms with Crippen molar-refractivity contribution in [2.75, 3.05) is 20.7 Å². The molecular weight excluding hydrogens is 308 g/mol. The molecule has 1 N–H and O–H groups in total. The highest BCUT2D eigenvalue weighted by molar-refractivity contribution is 5.94. The van der Waals surface area contributed by atoms with Crippen molar-refractivity contribution in [2.24, 2.45) is 0 Å². The van der Waals surface area contributed by atoms with Gasteiger partial charge in [-0.1, -0.05) is 18.2 Å². The van der Waals surface area contributed by atoms with Crippen LogP contribution in [0.1, 0.15) is 33.0 Å². The fourth-order valence-corrected chi connectivity index (χ4v) is 2.28. The highest BCUT2D eigenvalue weighted by Gasteiger charge is 2.15. The highest BCUT2D eigenvalue weighted by Crippen LogP contribution is 2.13. The molecule has 1 aromatic heterocycles. The first-order valence-corrected chi connectivity index (χ1v) is 7.60. The van der Waals surface area contributed by atoms with E-state index in [4.69, 9.17) is 9.84 Å². The Hall–Kier alpha value is -2.89. The van der Waals surface area contributed by atoms with Gasteiger partial charge in [-0.2, -0.15) is 0 Å². The lowest BCUT2D eigenvalue weighted by molar-refractivity contribution is 0.0690. The van der Waals surface area contributed by atoms with E-state index in [1.165, 1.54) is 23.8 Å². The first kappa shape index (κ1) is 17.5. The molecule has 2 rings (SSSR count). The van der Waals surface area contributed by atoms with Crippen molar-refractivity contribution < 1.29 is 19.4 Å². The Balaban J connectivity index is 1.89. The monoisotopic (exact) mass is 328 g/mol. The minimum absolute atomic E-state index is 0.132. The number of carbonyl (C=O) groups excluding carboxylic acids is 1. The standard InChI is InChI=1S/C18H20N2O4/c1-20(12-4-5-13-8-10-14(24-2)11-9-13)17(21)15-6-3-7-16(19-15)18(22)23/h3,6-11H,4-5,12H2,1-2H3,(H,22,23). The SMILES string of the molecule is COc1ccc(CCCN(C)C(=O)c2cccc(C(=O)O)n2)cc1. The van der Waals surface area contributed by atoms with Gasteiger partial charge in [0.25, 0.3) is 5.91 Å². The molecule has 0 spiro atoms. The van der Waals surface area contributed by atoms with Crippen molar-refractivity contribution >= 4 is 11.9 Å². The molecule has 0 atom stereocenters. The summed E-state index contributed by atoms with van der Waals surface area (Å²) in [5.41, 5.74) is 1.18. The second kappa shape index (κ2) is 8.10. The van der Waals surface area contributed by atoms with Gasteiger partial charge in [-0.15, -0.1) is 0 Å². The summed E-state index contributed by atoms with van der Waals surface area (Å²) in [7, 11) is 3.31. The highest BCUT2D eigenvalue weighted by atomic mass is 16.5. The first-order chi connectivity index (χ1) is 11.5. The molecule has 0 bridgehead atoms. The third-order valence-electron chi connectivity index (χ3n) is 3.65. The number of aromatic carboxylic acids is 1. The van der Waals surface area contributed by atoms with Crippen LogP contribution in [0.5, 0.6) is 5.75 Å². The number of pyridine rings is 1. The zero-order valence-corrected chi connectivity index (χ0v) is 13.7. The maximum atomic E-state index is 12.3. The number of aromatic nitrogens is 1. The largest absolute Gasteiger partial charge is 0.497 e. The molecule has 0 aliphatic rings. The van der Waals surface area contributed by atoms with E-state index < -0.39 is 5.97 Å². The average molecular weight is 328 g/mol. The predicted octanol–water partition coefficient (Wildman–Crippen LogP) is 2.49. The van der Waals surface area contributed by atoms with Crippen LogP contribution >= 0.6 is 0 Å². The average Bonchev–Trinajstić information content (AvgIpc) is 2.61. The van der Waals surface area contributed by atoms with Crippen LogP contribution in [0.15, 0.2) is 42.5 Å². The number of hydrogen-bond donors (Lipinski definition) is 1. The minimum Gasteiger partial charge on any atom is -0.497 e. The Kier molecular flexibility index (Phi) is 5.89. The summed E-state index contributed by atoms with van der Waals surface area (Å²) in [5, 5.41) is 8.94. The van der Waals surface area contributed by atoms with Gasteiger partial charge in [-0.05, 0) is 42.7 Å². The van der Waals surface area contributed by atoms with Crippen molar-refractivity contribution in [3.05, 3.63) is 59.4 Å². The molecule has 0 radical (unpaired) electrons. The van der Waals surface area contributed by atoms with Crippen molar-refractivity contribution in [2.45, 2.75) is 12.8 Å². The zero-order chi connectivity index (χ0) is 17.5. The van der Waals surface area contributed by atoms with Gasteiger partial charge in [0.15, 0.2) is 0 Å². The normalized spacial score (nSPS) is 10.2. The van der Waals surface area contributed by atoms with Gasteiger partial charge in [-0.25, -0.2) is 9.78 Å². The molecule has 6 nitrogen and oxygen atoms in total. The second-order valence-corrected chi connectivity index (χ2v) is 5.39. The molecule has 0 aliphatic carbocycles. The number of rotatable bonds is 7. The first-order valence-electron chi connectivity index (χ1n) is 7.60. The Morgan fingerprint density at radius 3 is 2.42 bits per heavy atom. The van der Waals surface area contributed by atoms with Crippen LogP contribution in [-0.4, -0.2) is 47.6 Å².